The van der Waals surface area contributed by atoms with E-state index in [2.05, 4.69) is 10.3 Å². The zero-order valence-corrected chi connectivity index (χ0v) is 16.6. The molecule has 2 amide bonds. The molecule has 7 heteroatoms. The van der Waals surface area contributed by atoms with Gasteiger partial charge in [-0.1, -0.05) is 12.1 Å². The van der Waals surface area contributed by atoms with Crippen LogP contribution in [0.5, 0.6) is 5.75 Å². The van der Waals surface area contributed by atoms with Gasteiger partial charge in [0.1, 0.15) is 11.4 Å². The van der Waals surface area contributed by atoms with Gasteiger partial charge in [-0.25, -0.2) is 0 Å². The molecule has 6 nitrogen and oxygen atoms in total. The Kier molecular flexibility index (Phi) is 5.39. The van der Waals surface area contributed by atoms with Crippen LogP contribution in [0.2, 0.25) is 0 Å². The lowest BCUT2D eigenvalue weighted by molar-refractivity contribution is -0.137. The number of thiophene rings is 1. The monoisotopic (exact) mass is 405 g/mol. The van der Waals surface area contributed by atoms with E-state index in [1.165, 1.54) is 16.2 Å². The second-order valence-electron chi connectivity index (χ2n) is 6.33. The molecule has 3 heterocycles. The van der Waals surface area contributed by atoms with Gasteiger partial charge in [-0.3, -0.25) is 19.5 Å². The van der Waals surface area contributed by atoms with Gasteiger partial charge in [0.15, 0.2) is 0 Å². The Morgan fingerprint density at radius 3 is 2.52 bits per heavy atom. The van der Waals surface area contributed by atoms with E-state index in [4.69, 9.17) is 4.74 Å². The van der Waals surface area contributed by atoms with E-state index in [1.54, 1.807) is 18.3 Å². The Hall–Kier alpha value is -3.45. The predicted molar refractivity (Wildman–Crippen MR) is 112 cm³/mol. The molecule has 0 aliphatic carbocycles. The van der Waals surface area contributed by atoms with Crippen molar-refractivity contribution in [1.29, 1.82) is 0 Å². The molecule has 1 aliphatic rings. The van der Waals surface area contributed by atoms with E-state index < -0.39 is 0 Å². The number of aromatic nitrogens is 1. The molecule has 0 bridgehead atoms. The molecule has 2 aromatic heterocycles. The number of rotatable bonds is 7. The zero-order chi connectivity index (χ0) is 20.2. The number of pyridine rings is 1. The normalized spacial score (nSPS) is 13.9. The lowest BCUT2D eigenvalue weighted by Crippen LogP contribution is -2.32. The van der Waals surface area contributed by atoms with Gasteiger partial charge in [0.2, 0.25) is 0 Å². The van der Waals surface area contributed by atoms with Gasteiger partial charge in [0.05, 0.1) is 24.4 Å². The molecule has 1 N–H and O–H groups in total. The Morgan fingerprint density at radius 2 is 1.86 bits per heavy atom. The van der Waals surface area contributed by atoms with E-state index >= 15 is 0 Å². The first-order valence-corrected chi connectivity index (χ1v) is 10.1. The van der Waals surface area contributed by atoms with Crippen LogP contribution in [0.1, 0.15) is 17.5 Å². The van der Waals surface area contributed by atoms with Crippen molar-refractivity contribution in [3.8, 4) is 5.75 Å². The summed E-state index contributed by atoms with van der Waals surface area (Å²) in [6, 6.07) is 16.4. The number of imide groups is 1. The van der Waals surface area contributed by atoms with Crippen molar-refractivity contribution < 1.29 is 14.3 Å². The molecule has 0 unspecified atom stereocenters. The van der Waals surface area contributed by atoms with Crippen molar-refractivity contribution in [3.05, 3.63) is 82.4 Å². The van der Waals surface area contributed by atoms with Gasteiger partial charge in [0.25, 0.3) is 11.8 Å². The fourth-order valence-corrected chi connectivity index (χ4v) is 3.85. The van der Waals surface area contributed by atoms with Crippen LogP contribution in [0.3, 0.4) is 0 Å². The summed E-state index contributed by atoms with van der Waals surface area (Å²) < 4.78 is 5.46. The molecular weight excluding hydrogens is 386 g/mol. The first-order chi connectivity index (χ1) is 14.2. The second kappa shape index (κ2) is 8.28. The van der Waals surface area contributed by atoms with Crippen LogP contribution in [0, 0.1) is 0 Å². The molecule has 146 valence electrons. The third-order valence-corrected chi connectivity index (χ3v) is 5.30. The Bertz CT molecular complexity index is 1040. The second-order valence-corrected chi connectivity index (χ2v) is 7.27. The summed E-state index contributed by atoms with van der Waals surface area (Å²) in [5.41, 5.74) is 2.02. The summed E-state index contributed by atoms with van der Waals surface area (Å²) in [5, 5.41) is 5.03. The highest BCUT2D eigenvalue weighted by molar-refractivity contribution is 7.11. The van der Waals surface area contributed by atoms with Crippen LogP contribution in [-0.2, 0) is 16.1 Å². The first kappa shape index (κ1) is 18.9. The van der Waals surface area contributed by atoms with Crippen molar-refractivity contribution >= 4 is 34.4 Å². The molecule has 29 heavy (non-hydrogen) atoms. The van der Waals surface area contributed by atoms with Crippen molar-refractivity contribution in [1.82, 2.24) is 9.88 Å². The number of hydrogen-bond acceptors (Lipinski definition) is 6. The highest BCUT2D eigenvalue weighted by Gasteiger charge is 2.39. The SMILES string of the molecule is CCOc1ccc(NC2=C(c3cccs3)C(=O)N(Cc3ccccn3)C2=O)cc1. The van der Waals surface area contributed by atoms with Crippen LogP contribution in [0.4, 0.5) is 5.69 Å². The molecule has 1 aromatic carbocycles. The van der Waals surface area contributed by atoms with E-state index in [-0.39, 0.29) is 24.1 Å². The van der Waals surface area contributed by atoms with E-state index in [0.29, 0.717) is 23.6 Å². The zero-order valence-electron chi connectivity index (χ0n) is 15.8. The van der Waals surface area contributed by atoms with E-state index in [1.807, 2.05) is 54.8 Å². The molecule has 0 fully saturated rings. The molecule has 0 radical (unpaired) electrons. The number of amides is 2. The average molecular weight is 405 g/mol. The summed E-state index contributed by atoms with van der Waals surface area (Å²) in [7, 11) is 0. The van der Waals surface area contributed by atoms with Gasteiger partial charge in [-0.05, 0) is 54.8 Å². The number of nitrogens with one attached hydrogen (secondary N) is 1. The van der Waals surface area contributed by atoms with Gasteiger partial charge < -0.3 is 10.1 Å². The lowest BCUT2D eigenvalue weighted by atomic mass is 10.2. The number of anilines is 1. The summed E-state index contributed by atoms with van der Waals surface area (Å²) >= 11 is 1.42. The van der Waals surface area contributed by atoms with Crippen LogP contribution >= 0.6 is 11.3 Å². The summed E-state index contributed by atoms with van der Waals surface area (Å²) in [5.74, 6) is 0.0607. The standard InChI is InChI=1S/C22H19N3O3S/c1-2-28-17-10-8-15(9-11-17)24-20-19(18-7-5-13-29-18)21(26)25(22(20)27)14-16-6-3-4-12-23-16/h3-13,24H,2,14H2,1H3. The number of carbonyl (C=O) groups is 2. The molecule has 3 aromatic rings. The molecule has 0 spiro atoms. The smallest absolute Gasteiger partial charge is 0.278 e. The number of carbonyl (C=O) groups excluding carboxylic acids is 2. The summed E-state index contributed by atoms with van der Waals surface area (Å²) in [4.78, 5) is 32.5. The Morgan fingerprint density at radius 1 is 1.03 bits per heavy atom. The maximum Gasteiger partial charge on any atom is 0.278 e. The highest BCUT2D eigenvalue weighted by atomic mass is 32.1. The molecule has 0 atom stereocenters. The molecule has 0 saturated heterocycles. The minimum Gasteiger partial charge on any atom is -0.494 e. The Balaban J connectivity index is 1.65. The minimum atomic E-state index is -0.363. The van der Waals surface area contributed by atoms with Crippen molar-refractivity contribution in [2.45, 2.75) is 13.5 Å². The average Bonchev–Trinajstić information content (AvgIpc) is 3.34. The van der Waals surface area contributed by atoms with Gasteiger partial charge >= 0.3 is 0 Å². The molecular formula is C22H19N3O3S. The van der Waals surface area contributed by atoms with Gasteiger partial charge in [0, 0.05) is 16.8 Å². The maximum absolute atomic E-state index is 13.1. The summed E-state index contributed by atoms with van der Waals surface area (Å²) in [6.45, 7) is 2.63. The minimum absolute atomic E-state index is 0.127. The number of hydrogen-bond donors (Lipinski definition) is 1. The number of benzene rings is 1. The Labute approximate surface area is 172 Å². The van der Waals surface area contributed by atoms with Crippen LogP contribution < -0.4 is 10.1 Å². The van der Waals surface area contributed by atoms with Gasteiger partial charge in [-0.15, -0.1) is 11.3 Å². The quantitative estimate of drug-likeness (QED) is 0.603. The van der Waals surface area contributed by atoms with E-state index in [9.17, 15) is 9.59 Å². The third-order valence-electron chi connectivity index (χ3n) is 4.42. The maximum atomic E-state index is 13.1. The van der Waals surface area contributed by atoms with E-state index in [0.717, 1.165) is 10.6 Å². The van der Waals surface area contributed by atoms with Crippen LogP contribution in [0.25, 0.3) is 5.57 Å². The lowest BCUT2D eigenvalue weighted by Gasteiger charge is -2.14. The third kappa shape index (κ3) is 3.90. The van der Waals surface area contributed by atoms with Crippen molar-refractivity contribution in [2.24, 2.45) is 0 Å². The topological polar surface area (TPSA) is 71.5 Å². The summed E-state index contributed by atoms with van der Waals surface area (Å²) in [6.07, 6.45) is 1.65. The molecule has 4 rings (SSSR count). The molecule has 0 saturated carbocycles. The van der Waals surface area contributed by atoms with Crippen molar-refractivity contribution in [2.75, 3.05) is 11.9 Å². The van der Waals surface area contributed by atoms with Crippen LogP contribution in [0.15, 0.2) is 71.9 Å². The predicted octanol–water partition coefficient (Wildman–Crippen LogP) is 3.93. The van der Waals surface area contributed by atoms with Crippen LogP contribution in [-0.4, -0.2) is 28.3 Å². The molecule has 1 aliphatic heterocycles. The van der Waals surface area contributed by atoms with Crippen molar-refractivity contribution in [3.63, 3.8) is 0 Å². The first-order valence-electron chi connectivity index (χ1n) is 9.21. The highest BCUT2D eigenvalue weighted by Crippen LogP contribution is 2.33. The number of nitrogens with zero attached hydrogens (tertiary/aromatic N) is 2. The largest absolute Gasteiger partial charge is 0.494 e. The fraction of sp³-hybridized carbons (Fsp3) is 0.136. The number of ether oxygens (including phenoxy) is 1. The van der Waals surface area contributed by atoms with Gasteiger partial charge in [-0.2, -0.15) is 0 Å². The fourth-order valence-electron chi connectivity index (χ4n) is 3.08.